The smallest absolute Gasteiger partial charge is 0.349 e. The van der Waals surface area contributed by atoms with Crippen LogP contribution < -0.4 is 4.74 Å². The van der Waals surface area contributed by atoms with Crippen molar-refractivity contribution >= 4 is 5.97 Å². The Morgan fingerprint density at radius 1 is 0.878 bits per heavy atom. The molecule has 0 bridgehead atoms. The van der Waals surface area contributed by atoms with Gasteiger partial charge < -0.3 is 4.74 Å². The first kappa shape index (κ1) is 30.3. The van der Waals surface area contributed by atoms with Crippen molar-refractivity contribution in [1.82, 2.24) is 0 Å². The Bertz CT molecular complexity index is 1380. The molecule has 0 saturated heterocycles. The minimum atomic E-state index is -2.80. The number of halogens is 7. The summed E-state index contributed by atoms with van der Waals surface area (Å²) in [5.41, 5.74) is -1.03. The topological polar surface area (TPSA) is 26.3 Å². The van der Waals surface area contributed by atoms with Crippen molar-refractivity contribution in [2.45, 2.75) is 64.2 Å². The number of alkyl halides is 2. The van der Waals surface area contributed by atoms with Gasteiger partial charge in [0.15, 0.2) is 0 Å². The van der Waals surface area contributed by atoms with Crippen LogP contribution in [0.5, 0.6) is 5.75 Å². The lowest BCUT2D eigenvalue weighted by Crippen LogP contribution is -2.14. The molecule has 0 atom stereocenters. The van der Waals surface area contributed by atoms with Crippen LogP contribution in [0.2, 0.25) is 0 Å². The lowest BCUT2D eigenvalue weighted by Gasteiger charge is -2.28. The molecule has 0 heterocycles. The number of esters is 1. The highest BCUT2D eigenvalue weighted by Gasteiger charge is 2.25. The summed E-state index contributed by atoms with van der Waals surface area (Å²) in [6.07, 6.45) is 4.44. The first-order chi connectivity index (χ1) is 19.6. The number of carbonyl (C=O) groups excluding carboxylic acids is 1. The van der Waals surface area contributed by atoms with Gasteiger partial charge in [0.05, 0.1) is 0 Å². The van der Waals surface area contributed by atoms with E-state index in [1.54, 1.807) is 6.07 Å². The molecule has 1 aliphatic carbocycles. The third-order valence-electron chi connectivity index (χ3n) is 7.49. The summed E-state index contributed by atoms with van der Waals surface area (Å²) in [5, 5.41) is 0. The maximum Gasteiger partial charge on any atom is 0.349 e. The molecule has 0 spiro atoms. The molecule has 2 nitrogen and oxygen atoms in total. The van der Waals surface area contributed by atoms with E-state index in [2.05, 4.69) is 6.92 Å². The Balaban J connectivity index is 1.49. The quantitative estimate of drug-likeness (QED) is 0.109. The number of benzene rings is 3. The van der Waals surface area contributed by atoms with Gasteiger partial charge in [0.1, 0.15) is 40.4 Å². The largest absolute Gasteiger partial charge is 0.423 e. The average Bonchev–Trinajstić information content (AvgIpc) is 2.90. The lowest BCUT2D eigenvalue weighted by molar-refractivity contribution is 0.0723. The van der Waals surface area contributed by atoms with Crippen molar-refractivity contribution in [3.63, 3.8) is 0 Å². The van der Waals surface area contributed by atoms with E-state index in [0.717, 1.165) is 55.9 Å². The Labute approximate surface area is 233 Å². The van der Waals surface area contributed by atoms with Crippen molar-refractivity contribution in [3.8, 4) is 16.9 Å². The molecule has 218 valence electrons. The van der Waals surface area contributed by atoms with Gasteiger partial charge >= 0.3 is 5.97 Å². The maximum atomic E-state index is 15.1. The Hall–Kier alpha value is -3.62. The molecule has 4 rings (SSSR count). The van der Waals surface area contributed by atoms with Crippen LogP contribution in [0.15, 0.2) is 54.6 Å². The predicted octanol–water partition coefficient (Wildman–Crippen LogP) is 9.71. The first-order valence-electron chi connectivity index (χ1n) is 13.5. The highest BCUT2D eigenvalue weighted by molar-refractivity contribution is 5.92. The highest BCUT2D eigenvalue weighted by atomic mass is 19.3. The van der Waals surface area contributed by atoms with E-state index in [9.17, 15) is 31.1 Å². The van der Waals surface area contributed by atoms with E-state index in [0.29, 0.717) is 24.1 Å². The molecule has 0 N–H and O–H groups in total. The van der Waals surface area contributed by atoms with Crippen molar-refractivity contribution in [2.75, 3.05) is 0 Å². The number of hydrogen-bond donors (Lipinski definition) is 0. The fourth-order valence-corrected chi connectivity index (χ4v) is 5.42. The molecule has 1 aliphatic rings. The van der Waals surface area contributed by atoms with Gasteiger partial charge in [-0.1, -0.05) is 38.0 Å². The molecule has 3 aromatic rings. The summed E-state index contributed by atoms with van der Waals surface area (Å²) in [6, 6.07) is 7.36. The minimum Gasteiger partial charge on any atom is -0.423 e. The molecule has 3 aromatic carbocycles. The normalized spacial score (nSPS) is 17.4. The number of rotatable bonds is 9. The van der Waals surface area contributed by atoms with Gasteiger partial charge in [-0.3, -0.25) is 0 Å². The van der Waals surface area contributed by atoms with Gasteiger partial charge in [0, 0.05) is 23.3 Å². The molecule has 1 saturated carbocycles. The molecule has 9 heteroatoms. The zero-order valence-corrected chi connectivity index (χ0v) is 22.3. The fraction of sp³-hybridized carbons (Fsp3) is 0.344. The average molecular weight is 579 g/mol. The van der Waals surface area contributed by atoms with Gasteiger partial charge in [-0.05, 0) is 79.3 Å². The molecule has 1 fully saturated rings. The van der Waals surface area contributed by atoms with E-state index in [-0.39, 0.29) is 17.0 Å². The number of carbonyl (C=O) groups is 1. The lowest BCUT2D eigenvalue weighted by atomic mass is 9.77. The number of ether oxygens (including phenoxy) is 1. The molecule has 0 unspecified atom stereocenters. The molecular weight excluding hydrogens is 549 g/mol. The van der Waals surface area contributed by atoms with Gasteiger partial charge in [-0.25, -0.2) is 35.5 Å². The van der Waals surface area contributed by atoms with E-state index in [4.69, 9.17) is 4.74 Å². The van der Waals surface area contributed by atoms with Gasteiger partial charge in [0.25, 0.3) is 6.43 Å². The molecule has 0 aromatic heterocycles. The molecule has 41 heavy (non-hydrogen) atoms. The molecule has 0 radical (unpaired) electrons. The van der Waals surface area contributed by atoms with Crippen LogP contribution in [0, 0.1) is 35.0 Å². The maximum absolute atomic E-state index is 15.1. The van der Waals surface area contributed by atoms with Gasteiger partial charge in [-0.15, -0.1) is 0 Å². The van der Waals surface area contributed by atoms with Gasteiger partial charge in [-0.2, -0.15) is 0 Å². The first-order valence-corrected chi connectivity index (χ1v) is 13.5. The summed E-state index contributed by atoms with van der Waals surface area (Å²) in [4.78, 5) is 12.5. The third kappa shape index (κ3) is 7.37. The van der Waals surface area contributed by atoms with Gasteiger partial charge in [0.2, 0.25) is 0 Å². The molecule has 0 amide bonds. The predicted molar refractivity (Wildman–Crippen MR) is 142 cm³/mol. The molecule has 0 aliphatic heterocycles. The standard InChI is InChI=1S/C32H29F7O2/c1-2-4-18-7-9-19(10-8-18)20-11-12-23(25(33)13-20)21-14-28(36)31(29(37)15-21)32(40)41-22-16-26(34)24(27(35)17-22)5-3-6-30(38)39/h3,6,11-19,30H,2,4-5,7-10H2,1H3/b6-3+. The SMILES string of the molecule is CCCC1CCC(c2ccc(-c3cc(F)c(C(=O)Oc4cc(F)c(C/C=C/C(F)F)c(F)c4)c(F)c3)c(F)c2)CC1. The van der Waals surface area contributed by atoms with Crippen molar-refractivity contribution in [2.24, 2.45) is 5.92 Å². The van der Waals surface area contributed by atoms with Crippen LogP contribution in [0.3, 0.4) is 0 Å². The molecular formula is C32H29F7O2. The fourth-order valence-electron chi connectivity index (χ4n) is 5.42. The Morgan fingerprint density at radius 3 is 2.07 bits per heavy atom. The highest BCUT2D eigenvalue weighted by Crippen LogP contribution is 2.39. The third-order valence-corrected chi connectivity index (χ3v) is 7.49. The van der Waals surface area contributed by atoms with Crippen LogP contribution in [0.1, 0.15) is 72.9 Å². The number of hydrogen-bond acceptors (Lipinski definition) is 2. The monoisotopic (exact) mass is 578 g/mol. The van der Waals surface area contributed by atoms with Crippen LogP contribution in [-0.2, 0) is 6.42 Å². The van der Waals surface area contributed by atoms with Crippen LogP contribution in [0.25, 0.3) is 11.1 Å². The Kier molecular flexibility index (Phi) is 9.89. The summed E-state index contributed by atoms with van der Waals surface area (Å²) >= 11 is 0. The minimum absolute atomic E-state index is 0.0493. The number of allylic oxidation sites excluding steroid dienone is 2. The second kappa shape index (κ2) is 13.4. The Morgan fingerprint density at radius 2 is 1.51 bits per heavy atom. The van der Waals surface area contributed by atoms with Crippen LogP contribution in [-0.4, -0.2) is 12.4 Å². The van der Waals surface area contributed by atoms with Crippen molar-refractivity contribution in [3.05, 3.63) is 100 Å². The van der Waals surface area contributed by atoms with Crippen LogP contribution in [0.4, 0.5) is 30.7 Å². The summed E-state index contributed by atoms with van der Waals surface area (Å²) in [6.45, 7) is 2.16. The van der Waals surface area contributed by atoms with E-state index >= 15 is 4.39 Å². The second-order valence-corrected chi connectivity index (χ2v) is 10.3. The van der Waals surface area contributed by atoms with Crippen molar-refractivity contribution < 1.29 is 40.3 Å². The second-order valence-electron chi connectivity index (χ2n) is 10.3. The summed E-state index contributed by atoms with van der Waals surface area (Å²) in [7, 11) is 0. The zero-order chi connectivity index (χ0) is 29.7. The van der Waals surface area contributed by atoms with E-state index in [1.165, 1.54) is 18.6 Å². The van der Waals surface area contributed by atoms with Crippen molar-refractivity contribution in [1.29, 1.82) is 0 Å². The van der Waals surface area contributed by atoms with Crippen LogP contribution >= 0.6 is 0 Å². The summed E-state index contributed by atoms with van der Waals surface area (Å²) < 4.78 is 103. The summed E-state index contributed by atoms with van der Waals surface area (Å²) in [5.74, 6) is -7.08. The van der Waals surface area contributed by atoms with E-state index < -0.39 is 64.8 Å². The zero-order valence-electron chi connectivity index (χ0n) is 22.3. The van der Waals surface area contributed by atoms with E-state index in [1.807, 2.05) is 0 Å².